The van der Waals surface area contributed by atoms with Crippen LogP contribution in [-0.4, -0.2) is 115 Å². The van der Waals surface area contributed by atoms with Gasteiger partial charge in [-0.05, 0) is 112 Å². The van der Waals surface area contributed by atoms with Crippen molar-refractivity contribution in [1.29, 1.82) is 0 Å². The van der Waals surface area contributed by atoms with E-state index in [1.165, 1.54) is 13.2 Å². The second-order valence-electron chi connectivity index (χ2n) is 18.1. The molecule has 3 aliphatic heterocycles. The zero-order chi connectivity index (χ0) is 42.9. The van der Waals surface area contributed by atoms with Gasteiger partial charge in [-0.3, -0.25) is 0 Å². The van der Waals surface area contributed by atoms with E-state index in [9.17, 15) is 14.4 Å². The van der Waals surface area contributed by atoms with Crippen molar-refractivity contribution in [2.24, 2.45) is 0 Å². The molecular weight excluding hydrogens is 762 g/mol. The molecule has 2 bridgehead atoms. The summed E-state index contributed by atoms with van der Waals surface area (Å²) in [6.07, 6.45) is -0.556. The zero-order valence-corrected chi connectivity index (χ0v) is 35.9. The fraction of sp³-hybridized carbons (Fsp3) is 0.558. The highest BCUT2D eigenvalue weighted by Gasteiger charge is 2.43. The number of methoxy groups -OCH3 is 1. The normalized spacial score (nSPS) is 18.4. The first-order valence-corrected chi connectivity index (χ1v) is 20.1. The number of aromatic nitrogens is 2. The van der Waals surface area contributed by atoms with E-state index in [2.05, 4.69) is 20.0 Å². The number of piperazine rings is 2. The second kappa shape index (κ2) is 17.1. The molecule has 320 valence electrons. The summed E-state index contributed by atoms with van der Waals surface area (Å²) in [6, 6.07) is 14.4. The molecule has 3 amide bonds. The second-order valence-corrected chi connectivity index (χ2v) is 18.1. The number of amides is 3. The van der Waals surface area contributed by atoms with Gasteiger partial charge in [-0.2, -0.15) is 4.90 Å². The van der Waals surface area contributed by atoms with Crippen molar-refractivity contribution >= 4 is 41.2 Å². The first-order valence-electron chi connectivity index (χ1n) is 20.1. The molecule has 3 aromatic rings. The molecule has 0 saturated carbocycles. The summed E-state index contributed by atoms with van der Waals surface area (Å²) in [5.74, 6) is 0.154. The zero-order valence-electron chi connectivity index (χ0n) is 35.9. The van der Waals surface area contributed by atoms with Gasteiger partial charge < -0.3 is 43.3 Å². The number of rotatable bonds is 8. The van der Waals surface area contributed by atoms with Crippen LogP contribution in [-0.2, 0) is 18.9 Å². The SMILES string of the molecule is COCOc1ccccc1-c1cc(N2CC3CCC(C2)N3c2ccc(F)c(N3CCN(C(=O)OC(C)(C)C)CC3)c2)c(N(C(=O)OC(C)(C)C)C(=O)OC(C)(C)C)nn1. The monoisotopic (exact) mass is 819 g/mol. The van der Waals surface area contributed by atoms with Gasteiger partial charge in [0.1, 0.15) is 28.4 Å². The quantitative estimate of drug-likeness (QED) is 0.161. The summed E-state index contributed by atoms with van der Waals surface area (Å²) in [5, 5.41) is 9.09. The number of carbonyl (C=O) groups is 3. The number of imide groups is 1. The van der Waals surface area contributed by atoms with Gasteiger partial charge in [0.15, 0.2) is 12.6 Å². The van der Waals surface area contributed by atoms with Gasteiger partial charge in [-0.25, -0.2) is 18.8 Å². The number of nitrogens with zero attached hydrogens (tertiary/aromatic N) is 7. The van der Waals surface area contributed by atoms with Gasteiger partial charge in [-0.15, -0.1) is 10.2 Å². The largest absolute Gasteiger partial charge is 0.467 e. The van der Waals surface area contributed by atoms with E-state index in [0.717, 1.165) is 23.4 Å². The van der Waals surface area contributed by atoms with Crippen LogP contribution in [0.25, 0.3) is 11.3 Å². The maximum Gasteiger partial charge on any atom is 0.425 e. The third-order valence-corrected chi connectivity index (χ3v) is 9.94. The van der Waals surface area contributed by atoms with Crippen LogP contribution in [0.2, 0.25) is 0 Å². The molecule has 16 heteroatoms. The first-order chi connectivity index (χ1) is 27.7. The van der Waals surface area contributed by atoms with Crippen LogP contribution < -0.4 is 24.3 Å². The molecule has 2 atom stereocenters. The topological polar surface area (TPSA) is 139 Å². The summed E-state index contributed by atoms with van der Waals surface area (Å²) in [6.45, 7) is 18.6. The molecular formula is C43H58FN7O8. The number of para-hydroxylation sites is 1. The molecule has 0 N–H and O–H groups in total. The Balaban J connectivity index is 1.33. The van der Waals surface area contributed by atoms with Crippen molar-refractivity contribution in [3.8, 4) is 17.0 Å². The molecule has 6 rings (SSSR count). The molecule has 0 spiro atoms. The Labute approximate surface area is 346 Å². The Bertz CT molecular complexity index is 1960. The van der Waals surface area contributed by atoms with Crippen LogP contribution in [0, 0.1) is 5.82 Å². The number of fused-ring (bicyclic) bond motifs is 2. The number of benzene rings is 2. The van der Waals surface area contributed by atoms with Crippen molar-refractivity contribution in [3.05, 3.63) is 54.3 Å². The summed E-state index contributed by atoms with van der Waals surface area (Å²) in [5.41, 5.74) is 0.470. The van der Waals surface area contributed by atoms with Crippen LogP contribution in [0.3, 0.4) is 0 Å². The number of carbonyl (C=O) groups excluding carboxylic acids is 3. The predicted molar refractivity (Wildman–Crippen MR) is 223 cm³/mol. The number of halogens is 1. The Hall–Kier alpha value is -5.38. The lowest BCUT2D eigenvalue weighted by Crippen LogP contribution is -2.55. The summed E-state index contributed by atoms with van der Waals surface area (Å²) < 4.78 is 43.6. The standard InChI is InChI=1S/C43H58FN7O8/c1-41(2,3)57-38(52)48-21-19-47(20-22-48)34-23-28(17-18-32(34)44)50-29-15-16-30(50)26-49(25-29)35-24-33(31-13-11-12-14-36(31)56-27-55-10)45-46-37(35)51(39(53)58-42(4,5)6)40(54)59-43(7,8)9/h11-14,17-18,23-24,29-30H,15-16,19-22,25-27H2,1-10H3. The molecule has 59 heavy (non-hydrogen) atoms. The van der Waals surface area contributed by atoms with Gasteiger partial charge in [-0.1, -0.05) is 12.1 Å². The third-order valence-electron chi connectivity index (χ3n) is 9.94. The van der Waals surface area contributed by atoms with Crippen molar-refractivity contribution in [1.82, 2.24) is 15.1 Å². The number of hydrogen-bond donors (Lipinski definition) is 0. The predicted octanol–water partition coefficient (Wildman–Crippen LogP) is 7.86. The van der Waals surface area contributed by atoms with Crippen molar-refractivity contribution in [2.45, 2.75) is 104 Å². The highest BCUT2D eigenvalue weighted by molar-refractivity contribution is 6.11. The summed E-state index contributed by atoms with van der Waals surface area (Å²) in [4.78, 5) is 49.5. The van der Waals surface area contributed by atoms with Gasteiger partial charge in [0.2, 0.25) is 0 Å². The highest BCUT2D eigenvalue weighted by Crippen LogP contribution is 2.42. The van der Waals surface area contributed by atoms with Crippen molar-refractivity contribution in [2.75, 3.05) is 72.8 Å². The Morgan fingerprint density at radius 3 is 1.92 bits per heavy atom. The van der Waals surface area contributed by atoms with Gasteiger partial charge in [0, 0.05) is 69.7 Å². The third kappa shape index (κ3) is 10.4. The van der Waals surface area contributed by atoms with Crippen molar-refractivity contribution < 1.29 is 42.5 Å². The van der Waals surface area contributed by atoms with E-state index in [1.807, 2.05) is 56.0 Å². The fourth-order valence-corrected chi connectivity index (χ4v) is 7.57. The first kappa shape index (κ1) is 43.2. The minimum Gasteiger partial charge on any atom is -0.467 e. The molecule has 0 aliphatic carbocycles. The Morgan fingerprint density at radius 1 is 0.746 bits per heavy atom. The number of ether oxygens (including phenoxy) is 5. The Morgan fingerprint density at radius 2 is 1.34 bits per heavy atom. The average Bonchev–Trinajstić information content (AvgIpc) is 3.40. The van der Waals surface area contributed by atoms with Crippen LogP contribution >= 0.6 is 0 Å². The molecule has 15 nitrogen and oxygen atoms in total. The molecule has 3 fully saturated rings. The van der Waals surface area contributed by atoms with E-state index in [-0.39, 0.29) is 36.6 Å². The van der Waals surface area contributed by atoms with Gasteiger partial charge in [0.05, 0.1) is 17.1 Å². The van der Waals surface area contributed by atoms with Crippen molar-refractivity contribution in [3.63, 3.8) is 0 Å². The fourth-order valence-electron chi connectivity index (χ4n) is 7.57. The van der Waals surface area contributed by atoms with Crippen LogP contribution in [0.15, 0.2) is 48.5 Å². The van der Waals surface area contributed by atoms with Gasteiger partial charge >= 0.3 is 18.3 Å². The van der Waals surface area contributed by atoms with Crippen LogP contribution in [0.4, 0.5) is 41.7 Å². The highest BCUT2D eigenvalue weighted by atomic mass is 19.1. The van der Waals surface area contributed by atoms with E-state index < -0.39 is 29.0 Å². The lowest BCUT2D eigenvalue weighted by Gasteiger charge is -2.44. The minimum atomic E-state index is -0.953. The smallest absolute Gasteiger partial charge is 0.425 e. The molecule has 2 aromatic carbocycles. The van der Waals surface area contributed by atoms with Gasteiger partial charge in [0.25, 0.3) is 0 Å². The average molecular weight is 820 g/mol. The van der Waals surface area contributed by atoms with E-state index >= 15 is 4.39 Å². The van der Waals surface area contributed by atoms with E-state index in [1.54, 1.807) is 58.6 Å². The van der Waals surface area contributed by atoms with Crippen LogP contribution in [0.5, 0.6) is 5.75 Å². The molecule has 0 radical (unpaired) electrons. The lowest BCUT2D eigenvalue weighted by atomic mass is 10.1. The van der Waals surface area contributed by atoms with Crippen LogP contribution in [0.1, 0.15) is 75.2 Å². The number of hydrogen-bond acceptors (Lipinski definition) is 13. The Kier molecular flexibility index (Phi) is 12.5. The summed E-state index contributed by atoms with van der Waals surface area (Å²) >= 11 is 0. The molecule has 4 heterocycles. The maximum absolute atomic E-state index is 15.5. The number of anilines is 4. The minimum absolute atomic E-state index is 0.00521. The van der Waals surface area contributed by atoms with E-state index in [4.69, 9.17) is 23.7 Å². The molecule has 3 saturated heterocycles. The molecule has 2 unspecified atom stereocenters. The van der Waals surface area contributed by atoms with E-state index in [0.29, 0.717) is 67.7 Å². The summed E-state index contributed by atoms with van der Waals surface area (Å²) in [7, 11) is 1.53. The molecule has 1 aromatic heterocycles. The molecule has 3 aliphatic rings. The lowest BCUT2D eigenvalue weighted by molar-refractivity contribution is 0.0239. The maximum atomic E-state index is 15.5.